The molecule has 0 aliphatic carbocycles. The van der Waals surface area contributed by atoms with E-state index in [2.05, 4.69) is 87.1 Å². The van der Waals surface area contributed by atoms with E-state index in [1.54, 1.807) is 0 Å². The molecule has 0 aromatic rings. The van der Waals surface area contributed by atoms with Gasteiger partial charge in [-0.25, -0.2) is 9.13 Å². The SMILES string of the molecule is CCCCCCC=CCCCC(=O)O[C@H](CCCCCCC)CC(=O)NC(COCCC(O)CCCCCCC)COP(=O)(O)OCCNC(=O)CCC(=O)NCCOP(=O)(O)OCC(COCCC(O)CCCCCCC)NC(=O)C[C@@H](CCCCCCC)OC(=O)CCCC=CCCCCCC. The monoisotopic (exact) mass is 1520 g/mol. The maximum atomic E-state index is 13.7. The molecule has 610 valence electrons. The van der Waals surface area contributed by atoms with Crippen LogP contribution in [0.25, 0.3) is 0 Å². The molecule has 0 aromatic heterocycles. The van der Waals surface area contributed by atoms with Gasteiger partial charge in [-0.1, -0.05) is 220 Å². The molecule has 26 heteroatoms. The standard InChI is InChI=1S/C78H148N4O20P2/c1-7-13-19-25-27-29-31-37-43-49-77(89)101-71(47-41-35-23-17-11-5)61-75(87)81-67(63-95-57-53-69(83)45-39-33-21-15-9-3)65-99-103(91,92)97-59-55-79-73(85)51-52-74(86)80-56-60-98-104(93,94)100-66-68(64-96-58-54-70(84)46-40-34-22-16-10-4)82-76(88)62-72(48-42-36-24-18-12-6)102-78(90)50-44-38-32-30-28-26-20-14-8-2/h29-32,67-72,83-84H,7-28,33-66H2,1-6H3,(H,79,85)(H,80,86)(H,81,87)(H,82,88)(H,91,92)(H,93,94)/t67?,68?,69?,70?,71-,72-/m1/s1. The van der Waals surface area contributed by atoms with Crippen LogP contribution in [0.1, 0.15) is 337 Å². The number of esters is 2. The molecule has 4 amide bonds. The van der Waals surface area contributed by atoms with Crippen molar-refractivity contribution in [3.05, 3.63) is 24.3 Å². The van der Waals surface area contributed by atoms with Gasteiger partial charge in [0.05, 0.1) is 76.8 Å². The van der Waals surface area contributed by atoms with Crippen molar-refractivity contribution in [3.63, 3.8) is 0 Å². The van der Waals surface area contributed by atoms with Crippen LogP contribution in [0.15, 0.2) is 24.3 Å². The van der Waals surface area contributed by atoms with E-state index in [1.807, 2.05) is 0 Å². The number of rotatable bonds is 77. The number of aliphatic hydroxyl groups is 2. The number of ether oxygens (including phenoxy) is 4. The highest BCUT2D eigenvalue weighted by Gasteiger charge is 2.29. The van der Waals surface area contributed by atoms with Gasteiger partial charge < -0.3 is 60.2 Å². The number of allylic oxidation sites excluding steroid dienone is 4. The van der Waals surface area contributed by atoms with Gasteiger partial charge in [0.2, 0.25) is 23.6 Å². The van der Waals surface area contributed by atoms with Gasteiger partial charge in [0, 0.05) is 52.0 Å². The number of hydrogen-bond donors (Lipinski definition) is 8. The van der Waals surface area contributed by atoms with E-state index in [4.69, 9.17) is 37.0 Å². The van der Waals surface area contributed by atoms with Crippen molar-refractivity contribution in [2.24, 2.45) is 0 Å². The van der Waals surface area contributed by atoms with Gasteiger partial charge in [-0.3, -0.25) is 46.9 Å². The second-order valence-electron chi connectivity index (χ2n) is 27.8. The maximum absolute atomic E-state index is 13.7. The van der Waals surface area contributed by atoms with Crippen LogP contribution in [0.2, 0.25) is 0 Å². The lowest BCUT2D eigenvalue weighted by Crippen LogP contribution is -2.43. The van der Waals surface area contributed by atoms with Crippen molar-refractivity contribution in [1.29, 1.82) is 0 Å². The van der Waals surface area contributed by atoms with Crippen LogP contribution in [0.3, 0.4) is 0 Å². The molecule has 0 aliphatic rings. The van der Waals surface area contributed by atoms with E-state index in [9.17, 15) is 57.9 Å². The lowest BCUT2D eigenvalue weighted by molar-refractivity contribution is -0.152. The number of nitrogens with one attached hydrogen (secondary N) is 4. The van der Waals surface area contributed by atoms with Gasteiger partial charge in [0.25, 0.3) is 0 Å². The van der Waals surface area contributed by atoms with E-state index in [-0.39, 0.29) is 90.0 Å². The fourth-order valence-electron chi connectivity index (χ4n) is 11.4. The first-order valence-electron chi connectivity index (χ1n) is 40.8. The molecular formula is C78H148N4O20P2. The molecule has 0 saturated carbocycles. The molecule has 104 heavy (non-hydrogen) atoms. The first kappa shape index (κ1) is 100. The minimum absolute atomic E-state index is 0.135. The van der Waals surface area contributed by atoms with Gasteiger partial charge in [-0.15, -0.1) is 0 Å². The molecule has 6 unspecified atom stereocenters. The summed E-state index contributed by atoms with van der Waals surface area (Å²) >= 11 is 0. The summed E-state index contributed by atoms with van der Waals surface area (Å²) in [5.41, 5.74) is 0. The van der Waals surface area contributed by atoms with Crippen LogP contribution in [-0.4, -0.2) is 158 Å². The first-order valence-corrected chi connectivity index (χ1v) is 43.8. The minimum Gasteiger partial charge on any atom is -0.462 e. The lowest BCUT2D eigenvalue weighted by Gasteiger charge is -2.23. The van der Waals surface area contributed by atoms with Gasteiger partial charge >= 0.3 is 27.6 Å². The number of aliphatic hydroxyl groups excluding tert-OH is 2. The fourth-order valence-corrected chi connectivity index (χ4v) is 12.9. The van der Waals surface area contributed by atoms with E-state index >= 15 is 0 Å². The van der Waals surface area contributed by atoms with Crippen LogP contribution in [-0.2, 0) is 74.9 Å². The molecule has 0 saturated heterocycles. The third-order valence-electron chi connectivity index (χ3n) is 17.6. The van der Waals surface area contributed by atoms with E-state index in [1.165, 1.54) is 38.5 Å². The van der Waals surface area contributed by atoms with Crippen LogP contribution in [0.5, 0.6) is 0 Å². The van der Waals surface area contributed by atoms with Crippen molar-refractivity contribution in [2.75, 3.05) is 65.9 Å². The summed E-state index contributed by atoms with van der Waals surface area (Å²) < 4.78 is 70.6. The van der Waals surface area contributed by atoms with Crippen LogP contribution in [0, 0.1) is 0 Å². The van der Waals surface area contributed by atoms with Gasteiger partial charge in [-0.2, -0.15) is 0 Å². The summed E-state index contributed by atoms with van der Waals surface area (Å²) in [4.78, 5) is 100. The van der Waals surface area contributed by atoms with Crippen LogP contribution < -0.4 is 21.3 Å². The van der Waals surface area contributed by atoms with Gasteiger partial charge in [0.15, 0.2) is 0 Å². The highest BCUT2D eigenvalue weighted by molar-refractivity contribution is 7.47. The molecule has 8 atom stereocenters. The second kappa shape index (κ2) is 71.0. The molecule has 8 N–H and O–H groups in total. The summed E-state index contributed by atoms with van der Waals surface area (Å²) in [6.45, 7) is 10.5. The molecular weight excluding hydrogens is 1370 g/mol. The third kappa shape index (κ3) is 67.7. The normalized spacial score (nSPS) is 14.7. The summed E-state index contributed by atoms with van der Waals surface area (Å²) in [6, 6.07) is -1.89. The quantitative estimate of drug-likeness (QED) is 0.0121. The zero-order valence-corrected chi connectivity index (χ0v) is 67.4. The average Bonchev–Trinajstić information content (AvgIpc) is 1.50. The number of carbonyl (C=O) groups is 6. The largest absolute Gasteiger partial charge is 0.472 e. The van der Waals surface area contributed by atoms with Crippen molar-refractivity contribution < 1.29 is 94.9 Å². The number of phosphoric acid groups is 2. The predicted molar refractivity (Wildman–Crippen MR) is 411 cm³/mol. The Hall–Kier alpha value is -3.64. The molecule has 0 rings (SSSR count). The smallest absolute Gasteiger partial charge is 0.462 e. The molecule has 0 fully saturated rings. The number of amides is 4. The Kier molecular flexibility index (Phi) is 68.5. The van der Waals surface area contributed by atoms with Crippen molar-refractivity contribution in [1.82, 2.24) is 21.3 Å². The highest BCUT2D eigenvalue weighted by Crippen LogP contribution is 2.44. The van der Waals surface area contributed by atoms with Crippen LogP contribution in [0.4, 0.5) is 0 Å². The maximum Gasteiger partial charge on any atom is 0.472 e. The molecule has 0 heterocycles. The summed E-state index contributed by atoms with van der Waals surface area (Å²) in [5.74, 6) is -2.89. The van der Waals surface area contributed by atoms with E-state index in [0.29, 0.717) is 51.4 Å². The summed E-state index contributed by atoms with van der Waals surface area (Å²) in [7, 11) is -9.55. The summed E-state index contributed by atoms with van der Waals surface area (Å²) in [5, 5.41) is 31.8. The predicted octanol–water partition coefficient (Wildman–Crippen LogP) is 16.2. The van der Waals surface area contributed by atoms with E-state index in [0.717, 1.165) is 167 Å². The molecule has 0 bridgehead atoms. The van der Waals surface area contributed by atoms with Crippen molar-refractivity contribution in [2.45, 2.75) is 373 Å². The fraction of sp³-hybridized carbons (Fsp3) is 0.872. The third-order valence-corrected chi connectivity index (χ3v) is 19.6. The Morgan fingerprint density at radius 2 is 0.654 bits per heavy atom. The first-order chi connectivity index (χ1) is 50.2. The Balaban J connectivity index is 5.55. The van der Waals surface area contributed by atoms with Gasteiger partial charge in [-0.05, 0) is 103 Å². The zero-order chi connectivity index (χ0) is 76.8. The molecule has 0 aliphatic heterocycles. The topological polar surface area (TPSA) is 339 Å². The average molecular weight is 1520 g/mol. The molecule has 24 nitrogen and oxygen atoms in total. The van der Waals surface area contributed by atoms with Crippen LogP contribution >= 0.6 is 15.6 Å². The number of carbonyl (C=O) groups excluding carboxylic acids is 6. The minimum atomic E-state index is -4.77. The highest BCUT2D eigenvalue weighted by atomic mass is 31.2. The van der Waals surface area contributed by atoms with Gasteiger partial charge in [0.1, 0.15) is 12.2 Å². The Labute approximate surface area is 628 Å². The van der Waals surface area contributed by atoms with Crippen molar-refractivity contribution >= 4 is 51.2 Å². The molecule has 0 radical (unpaired) electrons. The Bertz CT molecular complexity index is 2120. The van der Waals surface area contributed by atoms with Crippen molar-refractivity contribution in [3.8, 4) is 0 Å². The Morgan fingerprint density at radius 3 is 0.990 bits per heavy atom. The lowest BCUT2D eigenvalue weighted by atomic mass is 10.1. The molecule has 0 aromatic carbocycles. The Morgan fingerprint density at radius 1 is 0.346 bits per heavy atom. The molecule has 0 spiro atoms. The number of unbranched alkanes of at least 4 members (excludes halogenated alkanes) is 26. The number of hydrogen-bond acceptors (Lipinski definition) is 18. The number of phosphoric ester groups is 2. The second-order valence-corrected chi connectivity index (χ2v) is 30.7. The van der Waals surface area contributed by atoms with E-state index < -0.39 is 102 Å². The zero-order valence-electron chi connectivity index (χ0n) is 65.6. The summed E-state index contributed by atoms with van der Waals surface area (Å²) in [6.07, 6.45) is 43.0.